The first-order valence-corrected chi connectivity index (χ1v) is 6.87. The molecule has 0 unspecified atom stereocenters. The highest BCUT2D eigenvalue weighted by atomic mass is 32.1. The minimum absolute atomic E-state index is 0.973. The standard InChI is InChI=1S/C12H18N4S/c1-3-5-14-12-15-8-11(17-12)10-7-13-9-16(10)6-4-2/h7-9H,3-6H2,1-2H3,(H,14,15). The number of thiazole rings is 1. The van der Waals surface area contributed by atoms with Crippen LogP contribution in [0, 0.1) is 0 Å². The molecule has 0 radical (unpaired) electrons. The lowest BCUT2D eigenvalue weighted by atomic mass is 10.4. The molecule has 0 bridgehead atoms. The Kier molecular flexibility index (Phi) is 4.14. The van der Waals surface area contributed by atoms with Crippen LogP contribution in [-0.4, -0.2) is 21.1 Å². The third-order valence-electron chi connectivity index (χ3n) is 2.46. The molecule has 2 aromatic heterocycles. The summed E-state index contributed by atoms with van der Waals surface area (Å²) in [7, 11) is 0. The molecule has 0 spiro atoms. The van der Waals surface area contributed by atoms with Crippen molar-refractivity contribution in [3.05, 3.63) is 18.7 Å². The summed E-state index contributed by atoms with van der Waals surface area (Å²) in [6, 6.07) is 0. The fourth-order valence-electron chi connectivity index (χ4n) is 1.65. The van der Waals surface area contributed by atoms with E-state index >= 15 is 0 Å². The van der Waals surface area contributed by atoms with Gasteiger partial charge in [0.25, 0.3) is 0 Å². The van der Waals surface area contributed by atoms with Crippen molar-refractivity contribution in [2.75, 3.05) is 11.9 Å². The molecule has 0 saturated carbocycles. The predicted octanol–water partition coefficient (Wildman–Crippen LogP) is 3.24. The van der Waals surface area contributed by atoms with Crippen LogP contribution in [0.2, 0.25) is 0 Å². The van der Waals surface area contributed by atoms with Crippen LogP contribution < -0.4 is 5.32 Å². The summed E-state index contributed by atoms with van der Waals surface area (Å²) in [6.07, 6.45) is 7.95. The fraction of sp³-hybridized carbons (Fsp3) is 0.500. The van der Waals surface area contributed by atoms with Crippen LogP contribution in [0.5, 0.6) is 0 Å². The molecule has 92 valence electrons. The summed E-state index contributed by atoms with van der Waals surface area (Å²) in [6.45, 7) is 6.30. The van der Waals surface area contributed by atoms with E-state index in [1.54, 1.807) is 11.3 Å². The number of aromatic nitrogens is 3. The zero-order chi connectivity index (χ0) is 12.1. The van der Waals surface area contributed by atoms with E-state index in [4.69, 9.17) is 0 Å². The minimum atomic E-state index is 0.973. The molecule has 2 heterocycles. The Morgan fingerprint density at radius 1 is 1.29 bits per heavy atom. The largest absolute Gasteiger partial charge is 0.362 e. The van der Waals surface area contributed by atoms with Crippen molar-refractivity contribution in [1.82, 2.24) is 14.5 Å². The number of nitrogens with one attached hydrogen (secondary N) is 1. The quantitative estimate of drug-likeness (QED) is 0.856. The zero-order valence-electron chi connectivity index (χ0n) is 10.3. The first-order valence-electron chi connectivity index (χ1n) is 6.05. The Hall–Kier alpha value is -1.36. The molecule has 2 rings (SSSR count). The second kappa shape index (κ2) is 5.82. The van der Waals surface area contributed by atoms with Crippen molar-refractivity contribution < 1.29 is 0 Å². The molecule has 0 saturated heterocycles. The second-order valence-corrected chi connectivity index (χ2v) is 4.96. The van der Waals surface area contributed by atoms with E-state index in [1.807, 2.05) is 18.7 Å². The molecule has 0 aliphatic heterocycles. The monoisotopic (exact) mass is 250 g/mol. The van der Waals surface area contributed by atoms with Crippen molar-refractivity contribution in [3.8, 4) is 10.6 Å². The van der Waals surface area contributed by atoms with Gasteiger partial charge in [-0.1, -0.05) is 25.2 Å². The molecular formula is C12H18N4S. The van der Waals surface area contributed by atoms with E-state index in [0.29, 0.717) is 0 Å². The van der Waals surface area contributed by atoms with Gasteiger partial charge in [-0.3, -0.25) is 0 Å². The highest BCUT2D eigenvalue weighted by Gasteiger charge is 2.08. The Morgan fingerprint density at radius 2 is 2.18 bits per heavy atom. The highest BCUT2D eigenvalue weighted by Crippen LogP contribution is 2.28. The number of anilines is 1. The van der Waals surface area contributed by atoms with Crippen LogP contribution in [0.3, 0.4) is 0 Å². The fourth-order valence-corrected chi connectivity index (χ4v) is 2.52. The van der Waals surface area contributed by atoms with Gasteiger partial charge in [0.05, 0.1) is 23.1 Å². The van der Waals surface area contributed by atoms with Gasteiger partial charge in [-0.25, -0.2) is 9.97 Å². The summed E-state index contributed by atoms with van der Waals surface area (Å²) in [5, 5.41) is 4.30. The number of aryl methyl sites for hydroxylation is 1. The third-order valence-corrected chi connectivity index (χ3v) is 3.44. The van der Waals surface area contributed by atoms with Gasteiger partial charge in [0, 0.05) is 19.3 Å². The topological polar surface area (TPSA) is 42.7 Å². The Morgan fingerprint density at radius 3 is 2.94 bits per heavy atom. The van der Waals surface area contributed by atoms with Gasteiger partial charge in [0.1, 0.15) is 0 Å². The lowest BCUT2D eigenvalue weighted by molar-refractivity contribution is 0.685. The molecule has 0 aliphatic rings. The Bertz CT molecular complexity index is 461. The van der Waals surface area contributed by atoms with Crippen molar-refractivity contribution in [2.24, 2.45) is 0 Å². The van der Waals surface area contributed by atoms with Gasteiger partial charge in [0.15, 0.2) is 5.13 Å². The number of imidazole rings is 1. The maximum Gasteiger partial charge on any atom is 0.183 e. The zero-order valence-corrected chi connectivity index (χ0v) is 11.1. The maximum atomic E-state index is 4.38. The first kappa shape index (κ1) is 12.1. The van der Waals surface area contributed by atoms with Gasteiger partial charge < -0.3 is 9.88 Å². The summed E-state index contributed by atoms with van der Waals surface area (Å²) in [5.41, 5.74) is 1.16. The van der Waals surface area contributed by atoms with E-state index in [-0.39, 0.29) is 0 Å². The average molecular weight is 250 g/mol. The van der Waals surface area contributed by atoms with Gasteiger partial charge in [-0.15, -0.1) is 0 Å². The molecule has 0 fully saturated rings. The normalized spacial score (nSPS) is 10.7. The lowest BCUT2D eigenvalue weighted by Gasteiger charge is -2.03. The second-order valence-electron chi connectivity index (χ2n) is 3.93. The van der Waals surface area contributed by atoms with E-state index < -0.39 is 0 Å². The van der Waals surface area contributed by atoms with Gasteiger partial charge in [0.2, 0.25) is 0 Å². The average Bonchev–Trinajstić information content (AvgIpc) is 2.95. The molecule has 4 nitrogen and oxygen atoms in total. The molecule has 0 aromatic carbocycles. The number of nitrogens with zero attached hydrogens (tertiary/aromatic N) is 3. The molecule has 0 aliphatic carbocycles. The molecule has 0 amide bonds. The minimum Gasteiger partial charge on any atom is -0.362 e. The Labute approximate surface area is 106 Å². The summed E-state index contributed by atoms with van der Waals surface area (Å²) in [4.78, 5) is 9.76. The van der Waals surface area contributed by atoms with E-state index in [2.05, 4.69) is 33.7 Å². The van der Waals surface area contributed by atoms with Gasteiger partial charge in [-0.2, -0.15) is 0 Å². The van der Waals surface area contributed by atoms with Crippen LogP contribution in [0.1, 0.15) is 26.7 Å². The van der Waals surface area contributed by atoms with Crippen LogP contribution in [0.25, 0.3) is 10.6 Å². The van der Waals surface area contributed by atoms with E-state index in [1.165, 1.54) is 4.88 Å². The molecule has 2 aromatic rings. The van der Waals surface area contributed by atoms with Crippen LogP contribution in [0.15, 0.2) is 18.7 Å². The number of rotatable bonds is 6. The molecule has 0 atom stereocenters. The summed E-state index contributed by atoms with van der Waals surface area (Å²) in [5.74, 6) is 0. The summed E-state index contributed by atoms with van der Waals surface area (Å²) >= 11 is 1.69. The predicted molar refractivity (Wildman–Crippen MR) is 72.4 cm³/mol. The van der Waals surface area contributed by atoms with Crippen LogP contribution in [-0.2, 0) is 6.54 Å². The van der Waals surface area contributed by atoms with Crippen LogP contribution >= 0.6 is 11.3 Å². The van der Waals surface area contributed by atoms with Crippen molar-refractivity contribution >= 4 is 16.5 Å². The van der Waals surface area contributed by atoms with Gasteiger partial charge in [-0.05, 0) is 12.8 Å². The third kappa shape index (κ3) is 2.85. The molecule has 1 N–H and O–H groups in total. The van der Waals surface area contributed by atoms with Crippen LogP contribution in [0.4, 0.5) is 5.13 Å². The molecular weight excluding hydrogens is 232 g/mol. The lowest BCUT2D eigenvalue weighted by Crippen LogP contribution is -1.97. The highest BCUT2D eigenvalue weighted by molar-refractivity contribution is 7.18. The van der Waals surface area contributed by atoms with Crippen molar-refractivity contribution in [1.29, 1.82) is 0 Å². The van der Waals surface area contributed by atoms with Gasteiger partial charge >= 0.3 is 0 Å². The van der Waals surface area contributed by atoms with E-state index in [0.717, 1.165) is 36.8 Å². The Balaban J connectivity index is 2.15. The summed E-state index contributed by atoms with van der Waals surface area (Å²) < 4.78 is 2.18. The van der Waals surface area contributed by atoms with E-state index in [9.17, 15) is 0 Å². The van der Waals surface area contributed by atoms with Crippen molar-refractivity contribution in [3.63, 3.8) is 0 Å². The first-order chi connectivity index (χ1) is 8.35. The molecule has 5 heteroatoms. The SMILES string of the molecule is CCCNc1ncc(-c2cncn2CCC)s1. The number of hydrogen-bond acceptors (Lipinski definition) is 4. The smallest absolute Gasteiger partial charge is 0.183 e. The molecule has 17 heavy (non-hydrogen) atoms. The maximum absolute atomic E-state index is 4.38. The van der Waals surface area contributed by atoms with Crippen molar-refractivity contribution in [2.45, 2.75) is 33.2 Å². The number of hydrogen-bond donors (Lipinski definition) is 1.